The van der Waals surface area contributed by atoms with E-state index in [2.05, 4.69) is 18.8 Å². The Morgan fingerprint density at radius 3 is 2.33 bits per heavy atom. The number of rotatable bonds is 13. The number of ether oxygens (including phenoxy) is 5. The van der Waals surface area contributed by atoms with Crippen LogP contribution in [0.4, 0.5) is 0 Å². The molecule has 1 aromatic carbocycles. The van der Waals surface area contributed by atoms with Crippen LogP contribution in [0.15, 0.2) is 23.2 Å². The van der Waals surface area contributed by atoms with Gasteiger partial charge in [0.1, 0.15) is 12.1 Å². The predicted octanol–water partition coefficient (Wildman–Crippen LogP) is 3.39. The topological polar surface area (TPSA) is 98.6 Å². The van der Waals surface area contributed by atoms with Crippen LogP contribution in [0.25, 0.3) is 0 Å². The number of hydrogen-bond acceptors (Lipinski definition) is 8. The second-order valence-corrected chi connectivity index (χ2v) is 9.27. The highest BCUT2D eigenvalue weighted by atomic mass is 16.6. The highest BCUT2D eigenvalue weighted by Gasteiger charge is 2.26. The summed E-state index contributed by atoms with van der Waals surface area (Å²) in [6.07, 6.45) is 1.04. The number of esters is 1. The number of methoxy groups -OCH3 is 3. The van der Waals surface area contributed by atoms with Crippen molar-refractivity contribution in [3.05, 3.63) is 23.8 Å². The standard InChI is InChI=1S/C25H41NO7/c1-17(2)19(16-20(23(27)31-8)26-24(28)33-25(3,4)5)14-18-10-11-21(30-7)22(15-18)32-13-9-12-29-6/h10-11,15,17,19-20H,9,12-14,16H2,1-8H3,(H,26,28)/p-1/t19-,20-/m0/s1. The Morgan fingerprint density at radius 2 is 1.79 bits per heavy atom. The van der Waals surface area contributed by atoms with Crippen LogP contribution in [0.5, 0.6) is 11.5 Å². The van der Waals surface area contributed by atoms with Crippen molar-refractivity contribution in [1.29, 1.82) is 0 Å². The van der Waals surface area contributed by atoms with E-state index in [4.69, 9.17) is 23.7 Å². The Hall–Kier alpha value is -2.48. The largest absolute Gasteiger partial charge is 0.595 e. The van der Waals surface area contributed by atoms with Crippen molar-refractivity contribution in [2.24, 2.45) is 16.8 Å². The van der Waals surface area contributed by atoms with Gasteiger partial charge in [0.15, 0.2) is 11.5 Å². The van der Waals surface area contributed by atoms with Crippen molar-refractivity contribution in [2.75, 3.05) is 34.5 Å². The lowest BCUT2D eigenvalue weighted by Gasteiger charge is -2.31. The Kier molecular flexibility index (Phi) is 12.1. The van der Waals surface area contributed by atoms with Crippen molar-refractivity contribution in [3.8, 4) is 11.5 Å². The molecule has 0 aliphatic rings. The maximum Gasteiger partial charge on any atom is 0.330 e. The van der Waals surface area contributed by atoms with Gasteiger partial charge in [-0.15, -0.1) is 0 Å². The van der Waals surface area contributed by atoms with E-state index >= 15 is 0 Å². The molecule has 0 unspecified atom stereocenters. The first kappa shape index (κ1) is 28.6. The van der Waals surface area contributed by atoms with Crippen LogP contribution in [-0.2, 0) is 25.4 Å². The molecule has 0 aliphatic carbocycles. The maximum absolute atomic E-state index is 12.4. The number of carbonyl (C=O) groups excluding carboxylic acids is 1. The highest BCUT2D eigenvalue weighted by Crippen LogP contribution is 2.31. The minimum atomic E-state index is -0.930. The SMILES string of the molecule is COCCCOc1cc(C[C@@H](C[C@H](N=C([O-])OC(C)(C)C)C(=O)OC)C(C)C)ccc1OC. The fraction of sp³-hybridized carbons (Fsp3) is 0.680. The van der Waals surface area contributed by atoms with Gasteiger partial charge in [-0.2, -0.15) is 0 Å². The summed E-state index contributed by atoms with van der Waals surface area (Å²) in [6, 6.07) is 4.88. The predicted molar refractivity (Wildman–Crippen MR) is 126 cm³/mol. The first-order valence-corrected chi connectivity index (χ1v) is 11.3. The molecule has 0 bridgehead atoms. The normalized spacial score (nSPS) is 14.0. The zero-order chi connectivity index (χ0) is 25.0. The molecule has 8 nitrogen and oxygen atoms in total. The van der Waals surface area contributed by atoms with Crippen LogP contribution in [0.1, 0.15) is 53.0 Å². The Morgan fingerprint density at radius 1 is 1.09 bits per heavy atom. The van der Waals surface area contributed by atoms with Gasteiger partial charge in [0.05, 0.1) is 20.8 Å². The quantitative estimate of drug-likeness (QED) is 0.190. The van der Waals surface area contributed by atoms with E-state index in [1.165, 1.54) is 7.11 Å². The maximum atomic E-state index is 12.4. The van der Waals surface area contributed by atoms with Crippen LogP contribution in [0.3, 0.4) is 0 Å². The minimum Gasteiger partial charge on any atom is -0.595 e. The van der Waals surface area contributed by atoms with Crippen LogP contribution in [0.2, 0.25) is 0 Å². The van der Waals surface area contributed by atoms with Gasteiger partial charge in [-0.25, -0.2) is 4.79 Å². The lowest BCUT2D eigenvalue weighted by molar-refractivity contribution is -0.261. The third kappa shape index (κ3) is 10.8. The molecule has 1 rings (SSSR count). The van der Waals surface area contributed by atoms with Crippen LogP contribution >= 0.6 is 0 Å². The Labute approximate surface area is 198 Å². The zero-order valence-corrected chi connectivity index (χ0v) is 21.3. The molecule has 0 radical (unpaired) electrons. The van der Waals surface area contributed by atoms with Crippen molar-refractivity contribution in [3.63, 3.8) is 0 Å². The zero-order valence-electron chi connectivity index (χ0n) is 21.3. The van der Waals surface area contributed by atoms with E-state index in [0.717, 1.165) is 12.0 Å². The summed E-state index contributed by atoms with van der Waals surface area (Å²) in [5.41, 5.74) is 0.346. The smallest absolute Gasteiger partial charge is 0.330 e. The Balaban J connectivity index is 3.04. The molecule has 188 valence electrons. The average molecular weight is 467 g/mol. The summed E-state index contributed by atoms with van der Waals surface area (Å²) in [5, 5.41) is 12.2. The van der Waals surface area contributed by atoms with Gasteiger partial charge in [0.2, 0.25) is 0 Å². The summed E-state index contributed by atoms with van der Waals surface area (Å²) in [5.74, 6) is 1.07. The third-order valence-electron chi connectivity index (χ3n) is 5.07. The molecule has 0 amide bonds. The van der Waals surface area contributed by atoms with Gasteiger partial charge in [-0.05, 0) is 42.4 Å². The number of nitrogens with zero attached hydrogens (tertiary/aromatic N) is 1. The molecule has 0 aromatic heterocycles. The molecule has 0 saturated carbocycles. The average Bonchev–Trinajstić information content (AvgIpc) is 2.73. The molecule has 0 N–H and O–H groups in total. The number of aliphatic imine (C=N–C) groups is 1. The first-order valence-electron chi connectivity index (χ1n) is 11.3. The van der Waals surface area contributed by atoms with Crippen molar-refractivity contribution < 1.29 is 33.6 Å². The molecule has 0 spiro atoms. The second-order valence-electron chi connectivity index (χ2n) is 9.27. The van der Waals surface area contributed by atoms with E-state index in [1.54, 1.807) is 35.0 Å². The van der Waals surface area contributed by atoms with Gasteiger partial charge in [0, 0.05) is 25.7 Å². The highest BCUT2D eigenvalue weighted by molar-refractivity contribution is 5.78. The molecule has 0 aliphatic heterocycles. The van der Waals surface area contributed by atoms with E-state index in [-0.39, 0.29) is 11.8 Å². The summed E-state index contributed by atoms with van der Waals surface area (Å²) in [7, 11) is 4.55. The second kappa shape index (κ2) is 13.9. The molecule has 33 heavy (non-hydrogen) atoms. The van der Waals surface area contributed by atoms with Gasteiger partial charge >= 0.3 is 5.97 Å². The summed E-state index contributed by atoms with van der Waals surface area (Å²) in [6.45, 7) is 10.6. The van der Waals surface area contributed by atoms with Crippen molar-refractivity contribution in [1.82, 2.24) is 0 Å². The van der Waals surface area contributed by atoms with Crippen LogP contribution in [0, 0.1) is 11.8 Å². The van der Waals surface area contributed by atoms with Crippen LogP contribution in [-0.4, -0.2) is 58.2 Å². The van der Waals surface area contributed by atoms with Gasteiger partial charge < -0.3 is 28.8 Å². The molecule has 0 heterocycles. The van der Waals surface area contributed by atoms with Crippen molar-refractivity contribution in [2.45, 2.75) is 65.5 Å². The van der Waals surface area contributed by atoms with E-state index < -0.39 is 23.7 Å². The third-order valence-corrected chi connectivity index (χ3v) is 5.07. The van der Waals surface area contributed by atoms with E-state index in [1.807, 2.05) is 18.2 Å². The fourth-order valence-corrected chi connectivity index (χ4v) is 3.28. The van der Waals surface area contributed by atoms with Crippen molar-refractivity contribution >= 4 is 12.1 Å². The van der Waals surface area contributed by atoms with E-state index in [0.29, 0.717) is 37.6 Å². The minimum absolute atomic E-state index is 0.0648. The number of carbonyl (C=O) groups is 1. The van der Waals surface area contributed by atoms with Gasteiger partial charge in [-0.1, -0.05) is 40.7 Å². The Bertz CT molecular complexity index is 756. The van der Waals surface area contributed by atoms with Gasteiger partial charge in [-0.3, -0.25) is 4.99 Å². The molecule has 8 heteroatoms. The lowest BCUT2D eigenvalue weighted by atomic mass is 9.84. The van der Waals surface area contributed by atoms with Gasteiger partial charge in [0.25, 0.3) is 0 Å². The summed E-state index contributed by atoms with van der Waals surface area (Å²) >= 11 is 0. The summed E-state index contributed by atoms with van der Waals surface area (Å²) in [4.78, 5) is 16.4. The van der Waals surface area contributed by atoms with E-state index in [9.17, 15) is 9.90 Å². The fourth-order valence-electron chi connectivity index (χ4n) is 3.28. The molecular formula is C25H40NO7-. The van der Waals surface area contributed by atoms with Crippen LogP contribution < -0.4 is 14.6 Å². The molecule has 0 saturated heterocycles. The monoisotopic (exact) mass is 466 g/mol. The first-order chi connectivity index (χ1) is 15.5. The number of benzene rings is 1. The molecule has 2 atom stereocenters. The molecule has 1 aromatic rings. The molecule has 0 fully saturated rings. The summed E-state index contributed by atoms with van der Waals surface area (Å²) < 4.78 is 26.5. The number of hydrogen-bond donors (Lipinski definition) is 0. The lowest BCUT2D eigenvalue weighted by Crippen LogP contribution is -2.35. The molecular weight excluding hydrogens is 426 g/mol.